The summed E-state index contributed by atoms with van der Waals surface area (Å²) in [6.07, 6.45) is 5.24. The molecule has 3 nitrogen and oxygen atoms in total. The molecule has 0 radical (unpaired) electrons. The second-order valence-electron chi connectivity index (χ2n) is 4.54. The molecule has 3 aromatic rings. The zero-order valence-electron chi connectivity index (χ0n) is 10.4. The quantitative estimate of drug-likeness (QED) is 0.777. The van der Waals surface area contributed by atoms with Crippen molar-refractivity contribution < 1.29 is 5.11 Å². The summed E-state index contributed by atoms with van der Waals surface area (Å²) in [6.45, 7) is 0. The summed E-state index contributed by atoms with van der Waals surface area (Å²) in [5.74, 6) is 0. The minimum Gasteiger partial charge on any atom is -0.388 e. The van der Waals surface area contributed by atoms with Crippen LogP contribution >= 0.6 is 0 Å². The predicted molar refractivity (Wildman–Crippen MR) is 74.6 cm³/mol. The van der Waals surface area contributed by atoms with Crippen molar-refractivity contribution in [3.8, 4) is 0 Å². The maximum absolute atomic E-state index is 10.3. The Labute approximate surface area is 111 Å². The highest BCUT2D eigenvalue weighted by atomic mass is 16.3. The number of aliphatic hydroxyl groups is 1. The van der Waals surface area contributed by atoms with Crippen molar-refractivity contribution in [2.45, 2.75) is 12.5 Å². The SMILES string of the molecule is OC(Cc1cccnc1)c1cnc2ccccc2c1. The molecule has 2 heterocycles. The molecule has 0 fully saturated rings. The summed E-state index contributed by atoms with van der Waals surface area (Å²) >= 11 is 0. The largest absolute Gasteiger partial charge is 0.388 e. The first kappa shape index (κ1) is 11.8. The van der Waals surface area contributed by atoms with Gasteiger partial charge in [-0.15, -0.1) is 0 Å². The van der Waals surface area contributed by atoms with Gasteiger partial charge in [0.1, 0.15) is 0 Å². The van der Waals surface area contributed by atoms with Crippen LogP contribution in [-0.4, -0.2) is 15.1 Å². The lowest BCUT2D eigenvalue weighted by Gasteiger charge is -2.11. The first-order valence-electron chi connectivity index (χ1n) is 6.24. The lowest BCUT2D eigenvalue weighted by molar-refractivity contribution is 0.178. The predicted octanol–water partition coefficient (Wildman–Crippen LogP) is 2.91. The fourth-order valence-corrected chi connectivity index (χ4v) is 2.13. The molecule has 94 valence electrons. The zero-order valence-corrected chi connectivity index (χ0v) is 10.4. The molecule has 3 rings (SSSR count). The molecule has 3 heteroatoms. The van der Waals surface area contributed by atoms with Gasteiger partial charge in [0, 0.05) is 30.4 Å². The maximum atomic E-state index is 10.3. The van der Waals surface area contributed by atoms with Gasteiger partial charge < -0.3 is 5.11 Å². The Balaban J connectivity index is 1.87. The van der Waals surface area contributed by atoms with Gasteiger partial charge in [0.15, 0.2) is 0 Å². The van der Waals surface area contributed by atoms with Crippen LogP contribution in [0, 0.1) is 0 Å². The van der Waals surface area contributed by atoms with E-state index < -0.39 is 6.10 Å². The molecule has 2 aromatic heterocycles. The van der Waals surface area contributed by atoms with Crippen molar-refractivity contribution in [1.82, 2.24) is 9.97 Å². The summed E-state index contributed by atoms with van der Waals surface area (Å²) in [6, 6.07) is 13.7. The minimum atomic E-state index is -0.554. The molecule has 0 saturated heterocycles. The van der Waals surface area contributed by atoms with E-state index in [-0.39, 0.29) is 0 Å². The first-order chi connectivity index (χ1) is 9.33. The molecule has 0 aliphatic rings. The van der Waals surface area contributed by atoms with Gasteiger partial charge in [-0.2, -0.15) is 0 Å². The minimum absolute atomic E-state index is 0.549. The molecule has 1 atom stereocenters. The molecular formula is C16H14N2O. The molecule has 0 spiro atoms. The van der Waals surface area contributed by atoms with Gasteiger partial charge in [0.2, 0.25) is 0 Å². The third-order valence-electron chi connectivity index (χ3n) is 3.15. The topological polar surface area (TPSA) is 46.0 Å². The fraction of sp³-hybridized carbons (Fsp3) is 0.125. The molecule has 1 aromatic carbocycles. The number of fused-ring (bicyclic) bond motifs is 1. The Morgan fingerprint density at radius 2 is 1.95 bits per heavy atom. The molecule has 0 bridgehead atoms. The summed E-state index contributed by atoms with van der Waals surface area (Å²) in [7, 11) is 0. The molecule has 0 amide bonds. The lowest BCUT2D eigenvalue weighted by atomic mass is 10.0. The number of rotatable bonds is 3. The van der Waals surface area contributed by atoms with E-state index in [1.54, 1.807) is 18.6 Å². The van der Waals surface area contributed by atoms with E-state index in [0.29, 0.717) is 6.42 Å². The van der Waals surface area contributed by atoms with Crippen molar-refractivity contribution in [1.29, 1.82) is 0 Å². The number of benzene rings is 1. The van der Waals surface area contributed by atoms with E-state index in [4.69, 9.17) is 0 Å². The number of pyridine rings is 2. The highest BCUT2D eigenvalue weighted by molar-refractivity contribution is 5.78. The van der Waals surface area contributed by atoms with Crippen LogP contribution in [0.4, 0.5) is 0 Å². The van der Waals surface area contributed by atoms with E-state index >= 15 is 0 Å². The normalized spacial score (nSPS) is 12.5. The summed E-state index contributed by atoms with van der Waals surface area (Å²) in [4.78, 5) is 8.42. The summed E-state index contributed by atoms with van der Waals surface area (Å²) < 4.78 is 0. The second-order valence-corrected chi connectivity index (χ2v) is 4.54. The van der Waals surface area contributed by atoms with Gasteiger partial charge in [-0.3, -0.25) is 9.97 Å². The molecule has 0 aliphatic heterocycles. The van der Waals surface area contributed by atoms with Crippen molar-refractivity contribution >= 4 is 10.9 Å². The van der Waals surface area contributed by atoms with E-state index in [1.807, 2.05) is 42.5 Å². The van der Waals surface area contributed by atoms with Crippen molar-refractivity contribution in [3.05, 3.63) is 72.2 Å². The van der Waals surface area contributed by atoms with Gasteiger partial charge in [0.25, 0.3) is 0 Å². The van der Waals surface area contributed by atoms with Crippen LogP contribution in [0.1, 0.15) is 17.2 Å². The lowest BCUT2D eigenvalue weighted by Crippen LogP contribution is -2.02. The third-order valence-corrected chi connectivity index (χ3v) is 3.15. The monoisotopic (exact) mass is 250 g/mol. The van der Waals surface area contributed by atoms with Gasteiger partial charge in [-0.25, -0.2) is 0 Å². The smallest absolute Gasteiger partial charge is 0.0846 e. The standard InChI is InChI=1S/C16H14N2O/c19-16(8-12-4-3-7-17-10-12)14-9-13-5-1-2-6-15(13)18-11-14/h1-7,9-11,16,19H,8H2. The van der Waals surface area contributed by atoms with Crippen molar-refractivity contribution in [2.24, 2.45) is 0 Å². The van der Waals surface area contributed by atoms with Crippen molar-refractivity contribution in [2.75, 3.05) is 0 Å². The van der Waals surface area contributed by atoms with Gasteiger partial charge >= 0.3 is 0 Å². The number of aromatic nitrogens is 2. The van der Waals surface area contributed by atoms with Crippen LogP contribution in [0.3, 0.4) is 0 Å². The Morgan fingerprint density at radius 1 is 1.05 bits per heavy atom. The van der Waals surface area contributed by atoms with Gasteiger partial charge in [-0.1, -0.05) is 24.3 Å². The number of para-hydroxylation sites is 1. The van der Waals surface area contributed by atoms with Crippen LogP contribution in [0.2, 0.25) is 0 Å². The number of nitrogens with zero attached hydrogens (tertiary/aromatic N) is 2. The number of hydrogen-bond acceptors (Lipinski definition) is 3. The highest BCUT2D eigenvalue weighted by Gasteiger charge is 2.09. The van der Waals surface area contributed by atoms with E-state index in [9.17, 15) is 5.11 Å². The van der Waals surface area contributed by atoms with Crippen LogP contribution in [0.15, 0.2) is 61.1 Å². The second kappa shape index (κ2) is 5.16. The van der Waals surface area contributed by atoms with Crippen LogP contribution < -0.4 is 0 Å². The molecule has 0 aliphatic carbocycles. The first-order valence-corrected chi connectivity index (χ1v) is 6.24. The van der Waals surface area contributed by atoms with Crippen LogP contribution in [0.5, 0.6) is 0 Å². The van der Waals surface area contributed by atoms with Gasteiger partial charge in [-0.05, 0) is 29.3 Å². The highest BCUT2D eigenvalue weighted by Crippen LogP contribution is 2.21. The van der Waals surface area contributed by atoms with E-state index in [2.05, 4.69) is 9.97 Å². The van der Waals surface area contributed by atoms with E-state index in [1.165, 1.54) is 0 Å². The number of hydrogen-bond donors (Lipinski definition) is 1. The fourth-order valence-electron chi connectivity index (χ4n) is 2.13. The Hall–Kier alpha value is -2.26. The summed E-state index contributed by atoms with van der Waals surface area (Å²) in [5.41, 5.74) is 2.80. The third kappa shape index (κ3) is 2.61. The Bertz CT molecular complexity index is 682. The van der Waals surface area contributed by atoms with E-state index in [0.717, 1.165) is 22.0 Å². The average Bonchev–Trinajstić information content (AvgIpc) is 2.48. The average molecular weight is 250 g/mol. The van der Waals surface area contributed by atoms with Crippen LogP contribution in [-0.2, 0) is 6.42 Å². The van der Waals surface area contributed by atoms with Crippen molar-refractivity contribution in [3.63, 3.8) is 0 Å². The Morgan fingerprint density at radius 3 is 2.79 bits per heavy atom. The van der Waals surface area contributed by atoms with Crippen LogP contribution in [0.25, 0.3) is 10.9 Å². The molecule has 19 heavy (non-hydrogen) atoms. The Kier molecular flexibility index (Phi) is 3.21. The number of aliphatic hydroxyl groups excluding tert-OH is 1. The maximum Gasteiger partial charge on any atom is 0.0846 e. The molecule has 1 N–H and O–H groups in total. The molecule has 0 saturated carbocycles. The zero-order chi connectivity index (χ0) is 13.1. The molecule has 1 unspecified atom stereocenters. The van der Waals surface area contributed by atoms with Gasteiger partial charge in [0.05, 0.1) is 11.6 Å². The molecular weight excluding hydrogens is 236 g/mol. The summed E-state index contributed by atoms with van der Waals surface area (Å²) in [5, 5.41) is 11.3.